The van der Waals surface area contributed by atoms with Crippen LogP contribution in [-0.4, -0.2) is 5.25 Å². The van der Waals surface area contributed by atoms with Gasteiger partial charge in [0.15, 0.2) is 0 Å². The summed E-state index contributed by atoms with van der Waals surface area (Å²) in [5.74, 6) is 0. The molecule has 0 spiro atoms. The van der Waals surface area contributed by atoms with Crippen LogP contribution in [-0.2, 0) is 0 Å². The van der Waals surface area contributed by atoms with Crippen molar-refractivity contribution in [1.82, 2.24) is 0 Å². The Morgan fingerprint density at radius 1 is 0.467 bits per heavy atom. The molecule has 15 heavy (non-hydrogen) atoms. The van der Waals surface area contributed by atoms with Gasteiger partial charge >= 0.3 is 0 Å². The highest BCUT2D eigenvalue weighted by Gasteiger charge is 2.04. The number of rotatable bonds is 0. The van der Waals surface area contributed by atoms with Crippen molar-refractivity contribution < 1.29 is 0 Å². The Morgan fingerprint density at radius 3 is 1.07 bits per heavy atom. The molecule has 0 unspecified atom stereocenters. The third-order valence-corrected chi connectivity index (χ3v) is 4.02. The van der Waals surface area contributed by atoms with E-state index in [2.05, 4.69) is 0 Å². The first kappa shape index (κ1) is 13.4. The van der Waals surface area contributed by atoms with Crippen molar-refractivity contribution in [2.24, 2.45) is 0 Å². The molecule has 89 valence electrons. The summed E-state index contributed by atoms with van der Waals surface area (Å²) in [5, 5.41) is 0.577. The molecule has 0 aliphatic heterocycles. The predicted octanol–water partition coefficient (Wildman–Crippen LogP) is 5.64. The minimum absolute atomic E-state index is 0.577. The Balaban J connectivity index is 2.10. The predicted molar refractivity (Wildman–Crippen MR) is 71.4 cm³/mol. The Labute approximate surface area is 102 Å². The molecule has 0 bridgehead atoms. The van der Waals surface area contributed by atoms with Gasteiger partial charge in [0, 0.05) is 5.25 Å². The summed E-state index contributed by atoms with van der Waals surface area (Å²) in [6, 6.07) is 0. The van der Waals surface area contributed by atoms with Gasteiger partial charge in [-0.15, -0.1) is 0 Å². The van der Waals surface area contributed by atoms with E-state index in [1.54, 1.807) is 0 Å². The molecule has 1 radical (unpaired) electrons. The highest BCUT2D eigenvalue weighted by molar-refractivity contribution is 7.80. The van der Waals surface area contributed by atoms with E-state index < -0.39 is 0 Å². The molecule has 1 aliphatic rings. The zero-order valence-electron chi connectivity index (χ0n) is 10.2. The summed E-state index contributed by atoms with van der Waals surface area (Å²) in [5.41, 5.74) is 0. The van der Waals surface area contributed by atoms with E-state index in [1.165, 1.54) is 83.5 Å². The van der Waals surface area contributed by atoms with Crippen molar-refractivity contribution in [3.05, 3.63) is 0 Å². The van der Waals surface area contributed by atoms with E-state index in [-0.39, 0.29) is 0 Å². The van der Waals surface area contributed by atoms with E-state index in [0.29, 0.717) is 5.25 Å². The average molecular weight is 227 g/mol. The van der Waals surface area contributed by atoms with Crippen LogP contribution in [0.15, 0.2) is 0 Å². The fraction of sp³-hybridized carbons (Fsp3) is 1.00. The van der Waals surface area contributed by atoms with Gasteiger partial charge in [-0.25, -0.2) is 0 Å². The van der Waals surface area contributed by atoms with Gasteiger partial charge in [-0.3, -0.25) is 0 Å². The fourth-order valence-electron chi connectivity index (χ4n) is 2.48. The molecule has 1 fully saturated rings. The monoisotopic (exact) mass is 227 g/mol. The number of hydrogen-bond donors (Lipinski definition) is 0. The molecule has 0 aromatic heterocycles. The average Bonchev–Trinajstić information content (AvgIpc) is 2.24. The molecule has 1 heteroatoms. The molecule has 1 saturated carbocycles. The second-order valence-corrected chi connectivity index (χ2v) is 5.76. The lowest BCUT2D eigenvalue weighted by atomic mass is 10.0. The maximum atomic E-state index is 5.48. The SMILES string of the molecule is [S]C1CCCCCCCCCCCCC1. The van der Waals surface area contributed by atoms with Gasteiger partial charge in [0.05, 0.1) is 0 Å². The van der Waals surface area contributed by atoms with E-state index >= 15 is 0 Å². The molecular formula is C14H27S. The van der Waals surface area contributed by atoms with Gasteiger partial charge in [0.1, 0.15) is 0 Å². The molecular weight excluding hydrogens is 200 g/mol. The van der Waals surface area contributed by atoms with Crippen molar-refractivity contribution in [2.75, 3.05) is 0 Å². The van der Waals surface area contributed by atoms with Crippen molar-refractivity contribution >= 4 is 12.6 Å². The van der Waals surface area contributed by atoms with Crippen molar-refractivity contribution in [1.29, 1.82) is 0 Å². The second kappa shape index (κ2) is 9.57. The van der Waals surface area contributed by atoms with Crippen LogP contribution in [0, 0.1) is 0 Å². The standard InChI is InChI=1S/C14H27S/c15-14-12-10-8-6-4-2-1-3-5-7-9-11-13-14/h14H,1-13H2. The van der Waals surface area contributed by atoms with Gasteiger partial charge < -0.3 is 0 Å². The van der Waals surface area contributed by atoms with Crippen LogP contribution >= 0.6 is 12.6 Å². The van der Waals surface area contributed by atoms with Crippen LogP contribution in [0.5, 0.6) is 0 Å². The molecule has 0 N–H and O–H groups in total. The normalized spacial score (nSPS) is 24.6. The van der Waals surface area contributed by atoms with Gasteiger partial charge in [0.2, 0.25) is 0 Å². The lowest BCUT2D eigenvalue weighted by molar-refractivity contribution is 0.510. The van der Waals surface area contributed by atoms with Crippen molar-refractivity contribution in [2.45, 2.75) is 88.7 Å². The third-order valence-electron chi connectivity index (χ3n) is 3.55. The van der Waals surface area contributed by atoms with Crippen LogP contribution in [0.1, 0.15) is 83.5 Å². The highest BCUT2D eigenvalue weighted by atomic mass is 32.1. The van der Waals surface area contributed by atoms with Gasteiger partial charge in [-0.05, 0) is 12.8 Å². The Bertz CT molecular complexity index is 119. The van der Waals surface area contributed by atoms with Gasteiger partial charge in [-0.2, -0.15) is 0 Å². The number of hydrogen-bond acceptors (Lipinski definition) is 0. The summed E-state index contributed by atoms with van der Waals surface area (Å²) < 4.78 is 0. The Kier molecular flexibility index (Phi) is 8.56. The summed E-state index contributed by atoms with van der Waals surface area (Å²) >= 11 is 5.48. The molecule has 0 atom stereocenters. The lowest BCUT2D eigenvalue weighted by Gasteiger charge is -2.10. The smallest absolute Gasteiger partial charge is 0.0151 e. The van der Waals surface area contributed by atoms with Gasteiger partial charge in [0.25, 0.3) is 0 Å². The first-order chi connectivity index (χ1) is 7.39. The van der Waals surface area contributed by atoms with Crippen LogP contribution in [0.4, 0.5) is 0 Å². The van der Waals surface area contributed by atoms with E-state index in [0.717, 1.165) is 0 Å². The van der Waals surface area contributed by atoms with E-state index in [1.807, 2.05) is 0 Å². The Hall–Kier alpha value is 0.350. The van der Waals surface area contributed by atoms with Crippen molar-refractivity contribution in [3.8, 4) is 0 Å². The van der Waals surface area contributed by atoms with Crippen LogP contribution in [0.25, 0.3) is 0 Å². The molecule has 0 heterocycles. The van der Waals surface area contributed by atoms with Gasteiger partial charge in [-0.1, -0.05) is 83.3 Å². The molecule has 0 nitrogen and oxygen atoms in total. The zero-order chi connectivity index (χ0) is 10.8. The summed E-state index contributed by atoms with van der Waals surface area (Å²) in [6.45, 7) is 0. The van der Waals surface area contributed by atoms with Crippen LogP contribution in [0.3, 0.4) is 0 Å². The zero-order valence-corrected chi connectivity index (χ0v) is 11.0. The van der Waals surface area contributed by atoms with Crippen LogP contribution < -0.4 is 0 Å². The molecule has 0 saturated heterocycles. The first-order valence-corrected chi connectivity index (χ1v) is 7.52. The Morgan fingerprint density at radius 2 is 0.733 bits per heavy atom. The summed E-state index contributed by atoms with van der Waals surface area (Å²) in [6.07, 6.45) is 18.4. The van der Waals surface area contributed by atoms with Crippen molar-refractivity contribution in [3.63, 3.8) is 0 Å². The molecule has 1 rings (SSSR count). The topological polar surface area (TPSA) is 0 Å². The van der Waals surface area contributed by atoms with E-state index in [4.69, 9.17) is 12.6 Å². The fourth-order valence-corrected chi connectivity index (χ4v) is 2.81. The molecule has 0 aromatic carbocycles. The lowest BCUT2D eigenvalue weighted by Crippen LogP contribution is -1.99. The quantitative estimate of drug-likeness (QED) is 0.502. The molecule has 1 aliphatic carbocycles. The maximum Gasteiger partial charge on any atom is 0.0151 e. The molecule has 0 amide bonds. The summed E-state index contributed by atoms with van der Waals surface area (Å²) in [4.78, 5) is 0. The summed E-state index contributed by atoms with van der Waals surface area (Å²) in [7, 11) is 0. The highest BCUT2D eigenvalue weighted by Crippen LogP contribution is 2.19. The van der Waals surface area contributed by atoms with Crippen LogP contribution in [0.2, 0.25) is 0 Å². The van der Waals surface area contributed by atoms with E-state index in [9.17, 15) is 0 Å². The minimum atomic E-state index is 0.577. The maximum absolute atomic E-state index is 5.48. The largest absolute Gasteiger partial charge is 0.0904 e. The minimum Gasteiger partial charge on any atom is -0.0904 e. The first-order valence-electron chi connectivity index (χ1n) is 7.05. The molecule has 0 aromatic rings. The second-order valence-electron chi connectivity index (χ2n) is 5.09. The third kappa shape index (κ3) is 8.19.